The Morgan fingerprint density at radius 1 is 1.10 bits per heavy atom. The number of imide groups is 2. The van der Waals surface area contributed by atoms with Gasteiger partial charge in [0.15, 0.2) is 0 Å². The first-order valence-electron chi connectivity index (χ1n) is 7.03. The topological polar surface area (TPSA) is 66.5 Å². The van der Waals surface area contributed by atoms with E-state index in [1.807, 2.05) is 5.32 Å². The smallest absolute Gasteiger partial charge is 0.277 e. The minimum absolute atomic E-state index is 0.261. The summed E-state index contributed by atoms with van der Waals surface area (Å²) in [5.74, 6) is -3.17. The fourth-order valence-electron chi connectivity index (χ4n) is 3.45. The van der Waals surface area contributed by atoms with Gasteiger partial charge in [-0.2, -0.15) is 13.2 Å². The quantitative estimate of drug-likeness (QED) is 0.793. The van der Waals surface area contributed by atoms with Crippen LogP contribution in [0, 0.1) is 11.8 Å². The number of halogens is 3. The van der Waals surface area contributed by atoms with Crippen LogP contribution < -0.4 is 5.32 Å². The van der Waals surface area contributed by atoms with Crippen LogP contribution in [-0.4, -0.2) is 34.5 Å². The number of nitrogens with zero attached hydrogens (tertiary/aromatic N) is 1. The summed E-state index contributed by atoms with van der Waals surface area (Å²) < 4.78 is 39.5. The molecular weight excluding hydrogens is 289 g/mol. The summed E-state index contributed by atoms with van der Waals surface area (Å²) in [7, 11) is 0. The lowest BCUT2D eigenvalue weighted by Crippen LogP contribution is -2.66. The van der Waals surface area contributed by atoms with Crippen LogP contribution in [-0.2, 0) is 9.59 Å². The summed E-state index contributed by atoms with van der Waals surface area (Å²) in [6.07, 6.45) is -2.29. The number of barbiturate groups is 1. The van der Waals surface area contributed by atoms with Crippen molar-refractivity contribution in [2.24, 2.45) is 11.8 Å². The van der Waals surface area contributed by atoms with Gasteiger partial charge < -0.3 is 0 Å². The lowest BCUT2D eigenvalue weighted by molar-refractivity contribution is -0.196. The van der Waals surface area contributed by atoms with Gasteiger partial charge in [-0.25, -0.2) is 9.69 Å². The van der Waals surface area contributed by atoms with E-state index in [-0.39, 0.29) is 23.7 Å². The Labute approximate surface area is 118 Å². The average molecular weight is 304 g/mol. The number of rotatable bonds is 2. The summed E-state index contributed by atoms with van der Waals surface area (Å²) in [6.45, 7) is 0. The summed E-state index contributed by atoms with van der Waals surface area (Å²) >= 11 is 0. The molecule has 4 amide bonds. The monoisotopic (exact) mass is 304 g/mol. The number of carbonyl (C=O) groups is 3. The molecule has 116 valence electrons. The summed E-state index contributed by atoms with van der Waals surface area (Å²) in [5.41, 5.74) is -2.41. The highest BCUT2D eigenvalue weighted by Gasteiger charge is 2.71. The van der Waals surface area contributed by atoms with E-state index in [9.17, 15) is 27.6 Å². The first-order valence-corrected chi connectivity index (χ1v) is 7.03. The molecule has 1 aliphatic heterocycles. The highest BCUT2D eigenvalue weighted by Crippen LogP contribution is 2.54. The number of nitrogens with one attached hydrogen (secondary N) is 1. The molecular formula is C13H15F3N2O3. The number of urea groups is 1. The predicted octanol–water partition coefficient (Wildman–Crippen LogP) is 1.97. The average Bonchev–Trinajstić information content (AvgIpc) is 2.98. The lowest BCUT2D eigenvalue weighted by Gasteiger charge is -2.38. The summed E-state index contributed by atoms with van der Waals surface area (Å²) in [4.78, 5) is 36.3. The van der Waals surface area contributed by atoms with Crippen LogP contribution in [0.2, 0.25) is 0 Å². The molecule has 1 atom stereocenters. The van der Waals surface area contributed by atoms with Crippen LogP contribution in [0.5, 0.6) is 0 Å². The summed E-state index contributed by atoms with van der Waals surface area (Å²) in [6, 6.07) is -1.24. The molecule has 0 bridgehead atoms. The second-order valence-corrected chi connectivity index (χ2v) is 6.02. The molecule has 5 nitrogen and oxygen atoms in total. The molecule has 8 heteroatoms. The molecule has 2 saturated carbocycles. The third-order valence-electron chi connectivity index (χ3n) is 4.75. The maximum Gasteiger partial charge on any atom is 0.412 e. The van der Waals surface area contributed by atoms with Gasteiger partial charge in [-0.05, 0) is 31.6 Å². The van der Waals surface area contributed by atoms with E-state index in [2.05, 4.69) is 0 Å². The van der Waals surface area contributed by atoms with Crippen LogP contribution in [0.25, 0.3) is 0 Å². The minimum Gasteiger partial charge on any atom is -0.277 e. The van der Waals surface area contributed by atoms with Gasteiger partial charge in [0.1, 0.15) is 11.5 Å². The SMILES string of the molecule is O=C1NC(=O)N(C2(C(F)(F)F)CC2)C(=O)C1C1CCCC1. The number of hydrogen-bond donors (Lipinski definition) is 1. The first kappa shape index (κ1) is 14.3. The van der Waals surface area contributed by atoms with E-state index in [0.717, 1.165) is 12.8 Å². The summed E-state index contributed by atoms with van der Waals surface area (Å²) in [5, 5.41) is 1.93. The van der Waals surface area contributed by atoms with Crippen LogP contribution in [0.1, 0.15) is 38.5 Å². The maximum absolute atomic E-state index is 13.2. The molecule has 0 radical (unpaired) electrons. The van der Waals surface area contributed by atoms with Crippen LogP contribution >= 0.6 is 0 Å². The van der Waals surface area contributed by atoms with Gasteiger partial charge in [-0.3, -0.25) is 14.9 Å². The molecule has 1 saturated heterocycles. The van der Waals surface area contributed by atoms with Crippen molar-refractivity contribution in [3.05, 3.63) is 0 Å². The van der Waals surface area contributed by atoms with Gasteiger partial charge >= 0.3 is 12.2 Å². The second-order valence-electron chi connectivity index (χ2n) is 6.02. The van der Waals surface area contributed by atoms with E-state index in [0.29, 0.717) is 12.8 Å². The van der Waals surface area contributed by atoms with Gasteiger partial charge in [0.25, 0.3) is 0 Å². The van der Waals surface area contributed by atoms with E-state index >= 15 is 0 Å². The molecule has 3 rings (SSSR count). The second kappa shape index (κ2) is 4.45. The van der Waals surface area contributed by atoms with Crippen LogP contribution in [0.4, 0.5) is 18.0 Å². The number of hydrogen-bond acceptors (Lipinski definition) is 3. The number of alkyl halides is 3. The Morgan fingerprint density at radius 3 is 2.14 bits per heavy atom. The Hall–Kier alpha value is -1.60. The van der Waals surface area contributed by atoms with Crippen LogP contribution in [0.3, 0.4) is 0 Å². The van der Waals surface area contributed by atoms with Crippen LogP contribution in [0.15, 0.2) is 0 Å². The van der Waals surface area contributed by atoms with Gasteiger partial charge in [0.2, 0.25) is 11.8 Å². The molecule has 2 aliphatic carbocycles. The first-order chi connectivity index (χ1) is 9.78. The zero-order chi connectivity index (χ0) is 15.4. The molecule has 0 aromatic carbocycles. The van der Waals surface area contributed by atoms with Crippen molar-refractivity contribution in [1.29, 1.82) is 0 Å². The van der Waals surface area contributed by atoms with E-state index in [1.54, 1.807) is 0 Å². The van der Waals surface area contributed by atoms with Crippen molar-refractivity contribution in [2.75, 3.05) is 0 Å². The zero-order valence-electron chi connectivity index (χ0n) is 11.2. The molecule has 21 heavy (non-hydrogen) atoms. The molecule has 0 aromatic rings. The predicted molar refractivity (Wildman–Crippen MR) is 63.9 cm³/mol. The van der Waals surface area contributed by atoms with Crippen molar-refractivity contribution in [3.8, 4) is 0 Å². The zero-order valence-corrected chi connectivity index (χ0v) is 11.2. The molecule has 1 unspecified atom stereocenters. The third kappa shape index (κ3) is 2.03. The van der Waals surface area contributed by atoms with Gasteiger partial charge in [0, 0.05) is 0 Å². The molecule has 0 spiro atoms. The van der Waals surface area contributed by atoms with Crippen molar-refractivity contribution in [3.63, 3.8) is 0 Å². The van der Waals surface area contributed by atoms with Gasteiger partial charge in [0.05, 0.1) is 0 Å². The number of carbonyl (C=O) groups excluding carboxylic acids is 3. The third-order valence-corrected chi connectivity index (χ3v) is 4.75. The fourth-order valence-corrected chi connectivity index (χ4v) is 3.45. The molecule has 3 aliphatic rings. The van der Waals surface area contributed by atoms with Gasteiger partial charge in [-0.15, -0.1) is 0 Å². The molecule has 0 aromatic heterocycles. The molecule has 3 fully saturated rings. The van der Waals surface area contributed by atoms with Crippen molar-refractivity contribution in [2.45, 2.75) is 50.2 Å². The van der Waals surface area contributed by atoms with E-state index < -0.39 is 35.5 Å². The Kier molecular flexibility index (Phi) is 3.04. The van der Waals surface area contributed by atoms with Gasteiger partial charge in [-0.1, -0.05) is 12.8 Å². The maximum atomic E-state index is 13.2. The van der Waals surface area contributed by atoms with E-state index in [4.69, 9.17) is 0 Å². The minimum atomic E-state index is -4.67. The lowest BCUT2D eigenvalue weighted by atomic mass is 9.87. The highest BCUT2D eigenvalue weighted by molar-refractivity contribution is 6.17. The van der Waals surface area contributed by atoms with E-state index in [1.165, 1.54) is 0 Å². The normalized spacial score (nSPS) is 29.8. The van der Waals surface area contributed by atoms with Crippen molar-refractivity contribution >= 4 is 17.8 Å². The highest BCUT2D eigenvalue weighted by atomic mass is 19.4. The Balaban J connectivity index is 1.92. The largest absolute Gasteiger partial charge is 0.412 e. The Morgan fingerprint density at radius 2 is 1.67 bits per heavy atom. The Bertz CT molecular complexity index is 507. The fraction of sp³-hybridized carbons (Fsp3) is 0.769. The number of amides is 4. The van der Waals surface area contributed by atoms with Crippen molar-refractivity contribution in [1.82, 2.24) is 10.2 Å². The van der Waals surface area contributed by atoms with Crippen molar-refractivity contribution < 1.29 is 27.6 Å². The molecule has 1 N–H and O–H groups in total. The standard InChI is InChI=1S/C13H15F3N2O3/c14-13(15,16)12(5-6-12)18-10(20)8(7-3-1-2-4-7)9(19)17-11(18)21/h7-8H,1-6H2,(H,17,19,21). The molecule has 1 heterocycles.